The third-order valence-corrected chi connectivity index (χ3v) is 2.86. The topological polar surface area (TPSA) is 102 Å². The Morgan fingerprint density at radius 2 is 1.94 bits per heavy atom. The van der Waals surface area contributed by atoms with Crippen LogP contribution in [0.5, 0.6) is 0 Å². The molecule has 0 aromatic carbocycles. The first-order chi connectivity index (χ1) is 8.43. The second-order valence-electron chi connectivity index (χ2n) is 4.18. The van der Waals surface area contributed by atoms with Gasteiger partial charge in [-0.15, -0.1) is 0 Å². The number of hydrogen-bond donors (Lipinski definition) is 2. The maximum Gasteiger partial charge on any atom is 0.240 e. The second-order valence-corrected chi connectivity index (χ2v) is 4.18. The quantitative estimate of drug-likeness (QED) is 0.755. The Morgan fingerprint density at radius 3 is 2.44 bits per heavy atom. The van der Waals surface area contributed by atoms with Gasteiger partial charge in [0.2, 0.25) is 11.8 Å². The van der Waals surface area contributed by atoms with Crippen LogP contribution < -0.4 is 11.5 Å². The van der Waals surface area contributed by atoms with Crippen LogP contribution in [-0.2, 0) is 9.59 Å². The minimum atomic E-state index is -0.892. The van der Waals surface area contributed by atoms with Gasteiger partial charge >= 0.3 is 0 Å². The third-order valence-electron chi connectivity index (χ3n) is 2.86. The Morgan fingerprint density at radius 1 is 1.39 bits per heavy atom. The lowest BCUT2D eigenvalue weighted by molar-refractivity contribution is -0.135. The summed E-state index contributed by atoms with van der Waals surface area (Å²) in [5, 5.41) is 0. The SMILES string of the molecule is CC(c1ccncc1)N(C)C(=O)C(N)CC(N)=O. The van der Waals surface area contributed by atoms with Crippen molar-refractivity contribution in [2.75, 3.05) is 7.05 Å². The number of nitrogens with two attached hydrogens (primary N) is 2. The summed E-state index contributed by atoms with van der Waals surface area (Å²) in [7, 11) is 1.65. The Bertz CT molecular complexity index is 421. The van der Waals surface area contributed by atoms with E-state index in [9.17, 15) is 9.59 Å². The van der Waals surface area contributed by atoms with Crippen molar-refractivity contribution in [1.82, 2.24) is 9.88 Å². The van der Waals surface area contributed by atoms with Gasteiger partial charge in [-0.05, 0) is 24.6 Å². The summed E-state index contributed by atoms with van der Waals surface area (Å²) in [6, 6.07) is 2.62. The minimum absolute atomic E-state index is 0.139. The van der Waals surface area contributed by atoms with Crippen LogP contribution in [0.3, 0.4) is 0 Å². The molecule has 2 atom stereocenters. The van der Waals surface area contributed by atoms with E-state index < -0.39 is 11.9 Å². The van der Waals surface area contributed by atoms with Crippen molar-refractivity contribution in [2.45, 2.75) is 25.4 Å². The number of nitrogens with zero attached hydrogens (tertiary/aromatic N) is 2. The van der Waals surface area contributed by atoms with E-state index in [0.717, 1.165) is 5.56 Å². The van der Waals surface area contributed by atoms with Crippen molar-refractivity contribution >= 4 is 11.8 Å². The summed E-state index contributed by atoms with van der Waals surface area (Å²) in [5.74, 6) is -0.890. The summed E-state index contributed by atoms with van der Waals surface area (Å²) >= 11 is 0. The van der Waals surface area contributed by atoms with Crippen LogP contribution in [0, 0.1) is 0 Å². The normalized spacial score (nSPS) is 13.7. The molecule has 4 N–H and O–H groups in total. The molecule has 0 bridgehead atoms. The highest BCUT2D eigenvalue weighted by Gasteiger charge is 2.23. The molecule has 0 spiro atoms. The number of carbonyl (C=O) groups is 2. The van der Waals surface area contributed by atoms with Crippen molar-refractivity contribution < 1.29 is 9.59 Å². The Hall–Kier alpha value is -1.95. The molecule has 0 aliphatic rings. The summed E-state index contributed by atoms with van der Waals surface area (Å²) in [6.07, 6.45) is 3.17. The molecular formula is C12H18N4O2. The predicted octanol–water partition coefficient (Wildman–Crippen LogP) is -0.196. The number of amides is 2. The Labute approximate surface area is 106 Å². The highest BCUT2D eigenvalue weighted by atomic mass is 16.2. The van der Waals surface area contributed by atoms with Crippen LogP contribution in [-0.4, -0.2) is 34.8 Å². The number of rotatable bonds is 5. The van der Waals surface area contributed by atoms with Crippen molar-refractivity contribution in [3.8, 4) is 0 Å². The van der Waals surface area contributed by atoms with E-state index in [1.807, 2.05) is 19.1 Å². The lowest BCUT2D eigenvalue weighted by atomic mass is 10.1. The molecule has 0 saturated heterocycles. The number of pyridine rings is 1. The summed E-state index contributed by atoms with van der Waals surface area (Å²) in [6.45, 7) is 1.88. The van der Waals surface area contributed by atoms with Gasteiger partial charge in [0.15, 0.2) is 0 Å². The second kappa shape index (κ2) is 6.11. The minimum Gasteiger partial charge on any atom is -0.370 e. The molecule has 0 aliphatic carbocycles. The van der Waals surface area contributed by atoms with Gasteiger partial charge in [0.25, 0.3) is 0 Å². The first-order valence-corrected chi connectivity index (χ1v) is 5.64. The van der Waals surface area contributed by atoms with E-state index in [4.69, 9.17) is 11.5 Å². The van der Waals surface area contributed by atoms with Gasteiger partial charge in [0.1, 0.15) is 0 Å². The van der Waals surface area contributed by atoms with E-state index in [-0.39, 0.29) is 18.4 Å². The van der Waals surface area contributed by atoms with Gasteiger partial charge in [-0.2, -0.15) is 0 Å². The summed E-state index contributed by atoms with van der Waals surface area (Å²) in [5.41, 5.74) is 11.6. The molecule has 1 rings (SSSR count). The predicted molar refractivity (Wildman–Crippen MR) is 67.2 cm³/mol. The van der Waals surface area contributed by atoms with Gasteiger partial charge in [-0.25, -0.2) is 0 Å². The summed E-state index contributed by atoms with van der Waals surface area (Å²) in [4.78, 5) is 28.1. The molecular weight excluding hydrogens is 232 g/mol. The molecule has 1 heterocycles. The first-order valence-electron chi connectivity index (χ1n) is 5.64. The molecule has 6 nitrogen and oxygen atoms in total. The van der Waals surface area contributed by atoms with Crippen molar-refractivity contribution in [2.24, 2.45) is 11.5 Å². The fraction of sp³-hybridized carbons (Fsp3) is 0.417. The first kappa shape index (κ1) is 14.1. The molecule has 0 radical (unpaired) electrons. The monoisotopic (exact) mass is 250 g/mol. The molecule has 2 amide bonds. The van der Waals surface area contributed by atoms with E-state index >= 15 is 0 Å². The van der Waals surface area contributed by atoms with Crippen molar-refractivity contribution in [3.63, 3.8) is 0 Å². The van der Waals surface area contributed by atoms with Crippen LogP contribution in [0.15, 0.2) is 24.5 Å². The number of carbonyl (C=O) groups excluding carboxylic acids is 2. The standard InChI is InChI=1S/C12H18N4O2/c1-8(9-3-5-15-6-4-9)16(2)12(18)10(13)7-11(14)17/h3-6,8,10H,7,13H2,1-2H3,(H2,14,17). The molecule has 0 aliphatic heterocycles. The Balaban J connectivity index is 2.72. The van der Waals surface area contributed by atoms with Gasteiger partial charge < -0.3 is 16.4 Å². The molecule has 18 heavy (non-hydrogen) atoms. The van der Waals surface area contributed by atoms with Crippen molar-refractivity contribution in [1.29, 1.82) is 0 Å². The third kappa shape index (κ3) is 3.53. The molecule has 98 valence electrons. The van der Waals surface area contributed by atoms with Crippen LogP contribution in [0.25, 0.3) is 0 Å². The van der Waals surface area contributed by atoms with E-state index in [2.05, 4.69) is 4.98 Å². The van der Waals surface area contributed by atoms with Crippen LogP contribution in [0.1, 0.15) is 24.9 Å². The molecule has 0 fully saturated rings. The number of likely N-dealkylation sites (N-methyl/N-ethyl adjacent to an activating group) is 1. The molecule has 2 unspecified atom stereocenters. The number of hydrogen-bond acceptors (Lipinski definition) is 4. The highest BCUT2D eigenvalue weighted by Crippen LogP contribution is 2.18. The highest BCUT2D eigenvalue weighted by molar-refractivity contribution is 5.87. The summed E-state index contributed by atoms with van der Waals surface area (Å²) < 4.78 is 0. The largest absolute Gasteiger partial charge is 0.370 e. The fourth-order valence-electron chi connectivity index (χ4n) is 1.62. The molecule has 1 aromatic heterocycles. The average Bonchev–Trinajstić information content (AvgIpc) is 2.36. The zero-order valence-corrected chi connectivity index (χ0v) is 10.5. The Kier molecular flexibility index (Phi) is 4.79. The molecule has 1 aromatic rings. The van der Waals surface area contributed by atoms with E-state index in [0.29, 0.717) is 0 Å². The molecule has 6 heteroatoms. The van der Waals surface area contributed by atoms with Gasteiger partial charge in [-0.3, -0.25) is 14.6 Å². The number of primary amides is 1. The van der Waals surface area contributed by atoms with Crippen molar-refractivity contribution in [3.05, 3.63) is 30.1 Å². The van der Waals surface area contributed by atoms with Crippen LogP contribution in [0.4, 0.5) is 0 Å². The smallest absolute Gasteiger partial charge is 0.240 e. The van der Waals surface area contributed by atoms with Crippen LogP contribution in [0.2, 0.25) is 0 Å². The zero-order valence-electron chi connectivity index (χ0n) is 10.5. The average molecular weight is 250 g/mol. The van der Waals surface area contributed by atoms with E-state index in [1.54, 1.807) is 19.4 Å². The van der Waals surface area contributed by atoms with Gasteiger partial charge in [0.05, 0.1) is 18.5 Å². The fourth-order valence-corrected chi connectivity index (χ4v) is 1.62. The number of aromatic nitrogens is 1. The maximum atomic E-state index is 12.0. The maximum absolute atomic E-state index is 12.0. The molecule has 0 saturated carbocycles. The lowest BCUT2D eigenvalue weighted by Crippen LogP contribution is -2.44. The van der Waals surface area contributed by atoms with Gasteiger partial charge in [0, 0.05) is 19.4 Å². The van der Waals surface area contributed by atoms with Gasteiger partial charge in [-0.1, -0.05) is 0 Å². The lowest BCUT2D eigenvalue weighted by Gasteiger charge is -2.27. The zero-order chi connectivity index (χ0) is 13.7. The van der Waals surface area contributed by atoms with Crippen LogP contribution >= 0.6 is 0 Å². The van der Waals surface area contributed by atoms with E-state index in [1.165, 1.54) is 4.90 Å².